The maximum absolute atomic E-state index is 5.74. The minimum atomic E-state index is 0.582. The quantitative estimate of drug-likeness (QED) is 0.453. The lowest BCUT2D eigenvalue weighted by Gasteiger charge is -1.99. The predicted octanol–water partition coefficient (Wildman–Crippen LogP) is 4.94. The summed E-state index contributed by atoms with van der Waals surface area (Å²) >= 11 is 3.86. The fourth-order valence-corrected chi connectivity index (χ4v) is 2.99. The predicted molar refractivity (Wildman–Crippen MR) is 93.2 cm³/mol. The van der Waals surface area contributed by atoms with Gasteiger partial charge in [0.1, 0.15) is 0 Å². The number of nitrogens with zero attached hydrogens (tertiary/aromatic N) is 2. The Hall–Kier alpha value is -1.34. The molecule has 5 heteroatoms. The van der Waals surface area contributed by atoms with E-state index in [0.29, 0.717) is 11.1 Å². The highest BCUT2D eigenvalue weighted by Crippen LogP contribution is 2.27. The number of thioether (sulfide) groups is 1. The second-order valence-electron chi connectivity index (χ2n) is 4.60. The molecule has 0 unspecified atom stereocenters. The fourth-order valence-electron chi connectivity index (χ4n) is 1.92. The number of benzene rings is 2. The van der Waals surface area contributed by atoms with E-state index in [1.165, 1.54) is 9.13 Å². The van der Waals surface area contributed by atoms with Crippen molar-refractivity contribution >= 4 is 34.4 Å². The van der Waals surface area contributed by atoms with Crippen molar-refractivity contribution < 1.29 is 4.42 Å². The lowest BCUT2D eigenvalue weighted by molar-refractivity contribution is 0.465. The van der Waals surface area contributed by atoms with Crippen LogP contribution in [0.5, 0.6) is 0 Å². The van der Waals surface area contributed by atoms with Crippen LogP contribution in [0.15, 0.2) is 58.2 Å². The first-order valence-electron chi connectivity index (χ1n) is 6.49. The van der Waals surface area contributed by atoms with Crippen LogP contribution in [0.2, 0.25) is 0 Å². The number of halogens is 1. The van der Waals surface area contributed by atoms with Gasteiger partial charge in [0.15, 0.2) is 0 Å². The van der Waals surface area contributed by atoms with Gasteiger partial charge in [-0.3, -0.25) is 0 Å². The summed E-state index contributed by atoms with van der Waals surface area (Å²) in [6, 6.07) is 16.5. The molecule has 0 aliphatic heterocycles. The third-order valence-electron chi connectivity index (χ3n) is 3.06. The zero-order valence-electron chi connectivity index (χ0n) is 11.4. The lowest BCUT2D eigenvalue weighted by Crippen LogP contribution is -1.81. The van der Waals surface area contributed by atoms with Gasteiger partial charge >= 0.3 is 0 Å². The van der Waals surface area contributed by atoms with Crippen molar-refractivity contribution in [1.29, 1.82) is 0 Å². The zero-order chi connectivity index (χ0) is 14.7. The van der Waals surface area contributed by atoms with Crippen LogP contribution in [0.1, 0.15) is 11.1 Å². The average Bonchev–Trinajstić information content (AvgIpc) is 2.96. The van der Waals surface area contributed by atoms with Crippen molar-refractivity contribution in [3.8, 4) is 11.5 Å². The SMILES string of the molecule is Cc1ccccc1-c1nnc(SCc2ccc(I)cc2)o1. The Morgan fingerprint density at radius 2 is 1.81 bits per heavy atom. The van der Waals surface area contributed by atoms with Gasteiger partial charge in [-0.25, -0.2) is 0 Å². The molecule has 0 atom stereocenters. The lowest BCUT2D eigenvalue weighted by atomic mass is 10.1. The molecule has 1 aromatic heterocycles. The highest BCUT2D eigenvalue weighted by molar-refractivity contribution is 14.1. The molecular formula is C16H13IN2OS. The Morgan fingerprint density at radius 1 is 1.05 bits per heavy atom. The van der Waals surface area contributed by atoms with Crippen LogP contribution in [-0.2, 0) is 5.75 Å². The molecule has 0 aliphatic rings. The van der Waals surface area contributed by atoms with Gasteiger partial charge in [0.25, 0.3) is 5.22 Å². The van der Waals surface area contributed by atoms with E-state index in [1.54, 1.807) is 11.8 Å². The van der Waals surface area contributed by atoms with Gasteiger partial charge in [-0.05, 0) is 58.8 Å². The van der Waals surface area contributed by atoms with Crippen molar-refractivity contribution in [3.63, 3.8) is 0 Å². The fraction of sp³-hybridized carbons (Fsp3) is 0.125. The highest BCUT2D eigenvalue weighted by Gasteiger charge is 2.10. The van der Waals surface area contributed by atoms with E-state index < -0.39 is 0 Å². The summed E-state index contributed by atoms with van der Waals surface area (Å²) in [6.45, 7) is 2.04. The van der Waals surface area contributed by atoms with Crippen molar-refractivity contribution in [2.24, 2.45) is 0 Å². The molecule has 1 heterocycles. The van der Waals surface area contributed by atoms with E-state index in [-0.39, 0.29) is 0 Å². The first-order chi connectivity index (χ1) is 10.2. The molecule has 2 aromatic carbocycles. The van der Waals surface area contributed by atoms with E-state index in [0.717, 1.165) is 16.9 Å². The Balaban J connectivity index is 1.71. The summed E-state index contributed by atoms with van der Waals surface area (Å²) in [7, 11) is 0. The summed E-state index contributed by atoms with van der Waals surface area (Å²) in [4.78, 5) is 0. The number of aromatic nitrogens is 2. The Labute approximate surface area is 141 Å². The largest absolute Gasteiger partial charge is 0.411 e. The summed E-state index contributed by atoms with van der Waals surface area (Å²) < 4.78 is 6.97. The molecule has 21 heavy (non-hydrogen) atoms. The Kier molecular flexibility index (Phi) is 4.60. The normalized spacial score (nSPS) is 10.8. The molecule has 0 saturated carbocycles. The number of aryl methyl sites for hydroxylation is 1. The molecule has 3 rings (SSSR count). The van der Waals surface area contributed by atoms with Gasteiger partial charge in [-0.2, -0.15) is 0 Å². The monoisotopic (exact) mass is 408 g/mol. The molecule has 0 fully saturated rings. The molecule has 0 saturated heterocycles. The summed E-state index contributed by atoms with van der Waals surface area (Å²) in [5, 5.41) is 8.85. The van der Waals surface area contributed by atoms with Gasteiger partial charge in [-0.15, -0.1) is 10.2 Å². The maximum atomic E-state index is 5.74. The van der Waals surface area contributed by atoms with Gasteiger partial charge < -0.3 is 4.42 Å². The second-order valence-corrected chi connectivity index (χ2v) is 6.78. The summed E-state index contributed by atoms with van der Waals surface area (Å²) in [5.74, 6) is 1.41. The van der Waals surface area contributed by atoms with Crippen molar-refractivity contribution in [3.05, 3.63) is 63.2 Å². The molecule has 3 aromatic rings. The molecular weight excluding hydrogens is 395 g/mol. The number of rotatable bonds is 4. The molecule has 0 N–H and O–H groups in total. The van der Waals surface area contributed by atoms with E-state index in [9.17, 15) is 0 Å². The van der Waals surface area contributed by atoms with E-state index in [4.69, 9.17) is 4.42 Å². The third kappa shape index (κ3) is 3.65. The summed E-state index contributed by atoms with van der Waals surface area (Å²) in [6.07, 6.45) is 0. The summed E-state index contributed by atoms with van der Waals surface area (Å²) in [5.41, 5.74) is 3.37. The van der Waals surface area contributed by atoms with Crippen molar-refractivity contribution in [2.45, 2.75) is 17.9 Å². The van der Waals surface area contributed by atoms with Crippen LogP contribution >= 0.6 is 34.4 Å². The standard InChI is InChI=1S/C16H13IN2OS/c1-11-4-2-3-5-14(11)15-18-19-16(20-15)21-10-12-6-8-13(17)9-7-12/h2-9H,10H2,1H3. The van der Waals surface area contributed by atoms with Gasteiger partial charge in [0, 0.05) is 14.9 Å². The molecule has 106 valence electrons. The molecule has 0 amide bonds. The molecule has 0 bridgehead atoms. The first-order valence-corrected chi connectivity index (χ1v) is 8.55. The van der Waals surface area contributed by atoms with Gasteiger partial charge in [-0.1, -0.05) is 42.1 Å². The van der Waals surface area contributed by atoms with Crippen molar-refractivity contribution in [2.75, 3.05) is 0 Å². The number of hydrogen-bond acceptors (Lipinski definition) is 4. The van der Waals surface area contributed by atoms with E-state index in [2.05, 4.69) is 57.1 Å². The minimum absolute atomic E-state index is 0.582. The molecule has 3 nitrogen and oxygen atoms in total. The highest BCUT2D eigenvalue weighted by atomic mass is 127. The van der Waals surface area contributed by atoms with Crippen LogP contribution in [-0.4, -0.2) is 10.2 Å². The molecule has 0 radical (unpaired) electrons. The topological polar surface area (TPSA) is 38.9 Å². The van der Waals surface area contributed by atoms with Crippen LogP contribution in [0.4, 0.5) is 0 Å². The van der Waals surface area contributed by atoms with Gasteiger partial charge in [0.05, 0.1) is 0 Å². The maximum Gasteiger partial charge on any atom is 0.277 e. The van der Waals surface area contributed by atoms with Gasteiger partial charge in [0.2, 0.25) is 5.89 Å². The molecule has 0 spiro atoms. The smallest absolute Gasteiger partial charge is 0.277 e. The van der Waals surface area contributed by atoms with Crippen LogP contribution < -0.4 is 0 Å². The number of hydrogen-bond donors (Lipinski definition) is 0. The second kappa shape index (κ2) is 6.62. The van der Waals surface area contributed by atoms with E-state index in [1.807, 2.05) is 31.2 Å². The zero-order valence-corrected chi connectivity index (χ0v) is 14.4. The Morgan fingerprint density at radius 3 is 2.57 bits per heavy atom. The van der Waals surface area contributed by atoms with Crippen LogP contribution in [0.25, 0.3) is 11.5 Å². The van der Waals surface area contributed by atoms with E-state index >= 15 is 0 Å². The van der Waals surface area contributed by atoms with Crippen LogP contribution in [0, 0.1) is 10.5 Å². The van der Waals surface area contributed by atoms with Crippen molar-refractivity contribution in [1.82, 2.24) is 10.2 Å². The molecule has 0 aliphatic carbocycles. The Bertz CT molecular complexity index is 740. The third-order valence-corrected chi connectivity index (χ3v) is 4.67. The first kappa shape index (κ1) is 14.6. The minimum Gasteiger partial charge on any atom is -0.411 e. The average molecular weight is 408 g/mol. The van der Waals surface area contributed by atoms with Crippen LogP contribution in [0.3, 0.4) is 0 Å².